The van der Waals surface area contributed by atoms with Crippen molar-refractivity contribution in [3.05, 3.63) is 12.7 Å². The predicted octanol–water partition coefficient (Wildman–Crippen LogP) is 3.46. The van der Waals surface area contributed by atoms with E-state index in [1.54, 1.807) is 6.08 Å². The lowest BCUT2D eigenvalue weighted by molar-refractivity contribution is 0.295. The zero-order chi connectivity index (χ0) is 10.8. The normalized spacial score (nSPS) is 5.58. The van der Waals surface area contributed by atoms with Crippen molar-refractivity contribution in [2.45, 2.75) is 33.6 Å². The maximum Gasteiger partial charge on any atom is 0.229 e. The van der Waals surface area contributed by atoms with E-state index in [1.165, 1.54) is 19.9 Å². The Kier molecular flexibility index (Phi) is 143. The van der Waals surface area contributed by atoms with Crippen LogP contribution in [0, 0.1) is 0 Å². The molecule has 0 aromatic carbocycles. The zero-order valence-corrected chi connectivity index (χ0v) is 8.74. The van der Waals surface area contributed by atoms with Crippen LogP contribution in [0.1, 0.15) is 33.6 Å². The van der Waals surface area contributed by atoms with Crippen molar-refractivity contribution >= 4 is 0 Å². The number of hydrogen-bond donors (Lipinski definition) is 1. The van der Waals surface area contributed by atoms with Crippen molar-refractivity contribution in [3.8, 4) is 0 Å². The zero-order valence-electron chi connectivity index (χ0n) is 8.74. The summed E-state index contributed by atoms with van der Waals surface area (Å²) < 4.78 is 19.2. The molecule has 0 saturated carbocycles. The molecule has 78 valence electrons. The molecule has 0 amide bonds. The summed E-state index contributed by atoms with van der Waals surface area (Å²) in [7, 11) is 1.50. The van der Waals surface area contributed by atoms with Gasteiger partial charge in [0, 0.05) is 0 Å². The molecule has 0 fully saturated rings. The van der Waals surface area contributed by atoms with Gasteiger partial charge >= 0.3 is 0 Å². The first-order valence-corrected chi connectivity index (χ1v) is 4.01. The van der Waals surface area contributed by atoms with Crippen LogP contribution in [0.5, 0.6) is 0 Å². The van der Waals surface area contributed by atoms with Gasteiger partial charge < -0.3 is 5.73 Å². The summed E-state index contributed by atoms with van der Waals surface area (Å²) in [5.41, 5.74) is 4.50. The van der Waals surface area contributed by atoms with Gasteiger partial charge in [-0.15, -0.1) is 6.58 Å². The third-order valence-electron chi connectivity index (χ3n) is 0.500. The van der Waals surface area contributed by atoms with Gasteiger partial charge in [-0.3, -0.25) is 0 Å². The Bertz CT molecular complexity index is 39.5. The Morgan fingerprint density at radius 2 is 1.25 bits per heavy atom. The number of alkyl halides is 2. The number of unbranched alkanes of at least 4 members (excludes halogenated alkanes) is 1. The van der Waals surface area contributed by atoms with Crippen LogP contribution in [0.2, 0.25) is 0 Å². The number of nitrogens with two attached hydrogens (primary N) is 1. The Morgan fingerprint density at radius 3 is 1.25 bits per heavy atom. The van der Waals surface area contributed by atoms with Crippen molar-refractivity contribution in [3.63, 3.8) is 0 Å². The standard InChI is InChI=1S/C4H10.C3H6.CH2F2.CH5N/c1-3-4-2;1-3-2;2-1-3;1-2/h3-4H2,1-2H3;3H,1H2,2H3;1H2;2H2,1H3. The Morgan fingerprint density at radius 1 is 1.17 bits per heavy atom. The summed E-state index contributed by atoms with van der Waals surface area (Å²) in [4.78, 5) is 0. The number of halogens is 2. The van der Waals surface area contributed by atoms with Crippen LogP contribution < -0.4 is 5.73 Å². The highest BCUT2D eigenvalue weighted by Gasteiger charge is 1.56. The van der Waals surface area contributed by atoms with Gasteiger partial charge in [0.1, 0.15) is 0 Å². The highest BCUT2D eigenvalue weighted by atomic mass is 19.3. The van der Waals surface area contributed by atoms with Crippen molar-refractivity contribution in [2.75, 3.05) is 14.0 Å². The van der Waals surface area contributed by atoms with E-state index in [0.717, 1.165) is 0 Å². The fourth-order valence-electron chi connectivity index (χ4n) is 0. The second kappa shape index (κ2) is 76.2. The molecule has 0 radical (unpaired) electrons. The lowest BCUT2D eigenvalue weighted by atomic mass is 10.4. The summed E-state index contributed by atoms with van der Waals surface area (Å²) in [6, 6.07) is 0. The number of allylic oxidation sites excluding steroid dienone is 1. The molecule has 0 rings (SSSR count). The molecule has 0 bridgehead atoms. The fraction of sp³-hybridized carbons (Fsp3) is 0.778. The Labute approximate surface area is 75.7 Å². The van der Waals surface area contributed by atoms with Gasteiger partial charge in [-0.2, -0.15) is 0 Å². The molecule has 0 saturated heterocycles. The molecule has 0 spiro atoms. The average Bonchev–Trinajstić information content (AvgIpc) is 2.10. The molecular formula is C9H23F2N. The smallest absolute Gasteiger partial charge is 0.229 e. The highest BCUT2D eigenvalue weighted by molar-refractivity contribution is 4.51. The van der Waals surface area contributed by atoms with E-state index in [4.69, 9.17) is 0 Å². The van der Waals surface area contributed by atoms with Crippen molar-refractivity contribution < 1.29 is 8.78 Å². The van der Waals surface area contributed by atoms with E-state index >= 15 is 0 Å². The summed E-state index contributed by atoms with van der Waals surface area (Å²) in [6.07, 6.45) is 4.39. The first-order chi connectivity index (χ1) is 5.74. The molecule has 0 aromatic rings. The Hall–Kier alpha value is -0.440. The van der Waals surface area contributed by atoms with Crippen LogP contribution in [-0.2, 0) is 0 Å². The highest BCUT2D eigenvalue weighted by Crippen LogP contribution is 1.76. The minimum Gasteiger partial charge on any atom is -0.333 e. The molecule has 1 nitrogen and oxygen atoms in total. The monoisotopic (exact) mass is 183 g/mol. The van der Waals surface area contributed by atoms with Gasteiger partial charge in [-0.1, -0.05) is 32.8 Å². The summed E-state index contributed by atoms with van der Waals surface area (Å²) in [5.74, 6) is 0. The minimum atomic E-state index is -1.75. The molecule has 3 heteroatoms. The molecule has 0 aromatic heterocycles. The van der Waals surface area contributed by atoms with Gasteiger partial charge in [-0.05, 0) is 14.0 Å². The van der Waals surface area contributed by atoms with Crippen LogP contribution in [0.3, 0.4) is 0 Å². The molecule has 0 aliphatic heterocycles. The number of rotatable bonds is 1. The second-order valence-corrected chi connectivity index (χ2v) is 1.51. The first-order valence-electron chi connectivity index (χ1n) is 4.01. The van der Waals surface area contributed by atoms with E-state index in [1.807, 2.05) is 6.92 Å². The van der Waals surface area contributed by atoms with Gasteiger partial charge in [0.05, 0.1) is 0 Å². The van der Waals surface area contributed by atoms with Gasteiger partial charge in [0.25, 0.3) is 0 Å². The van der Waals surface area contributed by atoms with Crippen LogP contribution in [-0.4, -0.2) is 14.0 Å². The summed E-state index contributed by atoms with van der Waals surface area (Å²) >= 11 is 0. The molecule has 0 unspecified atom stereocenters. The van der Waals surface area contributed by atoms with Crippen LogP contribution in [0.4, 0.5) is 8.78 Å². The van der Waals surface area contributed by atoms with Crippen LogP contribution in [0.15, 0.2) is 12.7 Å². The predicted molar refractivity (Wildman–Crippen MR) is 53.6 cm³/mol. The summed E-state index contributed by atoms with van der Waals surface area (Å²) in [5, 5.41) is 0. The molecule has 0 heterocycles. The molecule has 12 heavy (non-hydrogen) atoms. The van der Waals surface area contributed by atoms with Crippen LogP contribution in [0.25, 0.3) is 0 Å². The molecular weight excluding hydrogens is 160 g/mol. The topological polar surface area (TPSA) is 26.0 Å². The first kappa shape index (κ1) is 22.6. The third-order valence-corrected chi connectivity index (χ3v) is 0.500. The number of hydrogen-bond acceptors (Lipinski definition) is 1. The lowest BCUT2D eigenvalue weighted by Crippen LogP contribution is -1.69. The quantitative estimate of drug-likeness (QED) is 0.619. The maximum atomic E-state index is 9.62. The molecule has 0 aliphatic carbocycles. The maximum absolute atomic E-state index is 9.62. The largest absolute Gasteiger partial charge is 0.333 e. The molecule has 2 N–H and O–H groups in total. The second-order valence-electron chi connectivity index (χ2n) is 1.51. The van der Waals surface area contributed by atoms with E-state index in [2.05, 4.69) is 26.2 Å². The minimum absolute atomic E-state index is 1.32. The molecule has 0 aliphatic rings. The van der Waals surface area contributed by atoms with Gasteiger partial charge in [0.2, 0.25) is 6.93 Å². The van der Waals surface area contributed by atoms with Crippen molar-refractivity contribution in [2.24, 2.45) is 5.73 Å². The van der Waals surface area contributed by atoms with E-state index < -0.39 is 6.93 Å². The SMILES string of the molecule is C=CC.CCCC.CN.FCF. The van der Waals surface area contributed by atoms with E-state index in [-0.39, 0.29) is 0 Å². The third kappa shape index (κ3) is 2230. The fourth-order valence-corrected chi connectivity index (χ4v) is 0. The van der Waals surface area contributed by atoms with E-state index in [9.17, 15) is 8.78 Å². The van der Waals surface area contributed by atoms with Gasteiger partial charge in [0.15, 0.2) is 0 Å². The lowest BCUT2D eigenvalue weighted by Gasteiger charge is -1.68. The molecule has 0 atom stereocenters. The van der Waals surface area contributed by atoms with E-state index in [0.29, 0.717) is 0 Å². The van der Waals surface area contributed by atoms with Gasteiger partial charge in [-0.25, -0.2) is 8.78 Å². The van der Waals surface area contributed by atoms with Crippen molar-refractivity contribution in [1.82, 2.24) is 0 Å². The summed E-state index contributed by atoms with van der Waals surface area (Å²) in [6.45, 7) is 7.86. The Balaban J connectivity index is -0.0000000368. The van der Waals surface area contributed by atoms with Crippen LogP contribution >= 0.6 is 0 Å². The van der Waals surface area contributed by atoms with Crippen molar-refractivity contribution in [1.29, 1.82) is 0 Å². The average molecular weight is 183 g/mol.